The molecule has 0 aliphatic carbocycles. The average molecular weight is 356 g/mol. The van der Waals surface area contributed by atoms with Gasteiger partial charge in [0.15, 0.2) is 0 Å². The van der Waals surface area contributed by atoms with E-state index < -0.39 is 17.6 Å². The number of hydrogen-bond donors (Lipinski definition) is 0. The van der Waals surface area contributed by atoms with Crippen molar-refractivity contribution in [1.82, 2.24) is 19.4 Å². The van der Waals surface area contributed by atoms with Crippen LogP contribution in [0.1, 0.15) is 5.69 Å². The lowest BCUT2D eigenvalue weighted by Crippen LogP contribution is -1.96. The van der Waals surface area contributed by atoms with Crippen LogP contribution in [0.3, 0.4) is 0 Å². The fourth-order valence-corrected chi connectivity index (χ4v) is 2.50. The number of imidazole rings is 1. The maximum absolute atomic E-state index is 13.9. The van der Waals surface area contributed by atoms with Crippen LogP contribution in [0, 0.1) is 17.6 Å². The SMILES string of the molecule is Fc1ccc(-c2cnc3nc(COc4ccnc(F)c4)cn3c2)c(F)c1. The van der Waals surface area contributed by atoms with Crippen molar-refractivity contribution in [1.29, 1.82) is 0 Å². The molecule has 0 atom stereocenters. The van der Waals surface area contributed by atoms with Crippen molar-refractivity contribution in [3.63, 3.8) is 0 Å². The smallest absolute Gasteiger partial charge is 0.234 e. The molecule has 1 aromatic carbocycles. The quantitative estimate of drug-likeness (QED) is 0.522. The van der Waals surface area contributed by atoms with Crippen LogP contribution in [0.4, 0.5) is 13.2 Å². The van der Waals surface area contributed by atoms with E-state index in [9.17, 15) is 13.2 Å². The molecule has 0 spiro atoms. The molecule has 0 aliphatic heterocycles. The molecular weight excluding hydrogens is 345 g/mol. The van der Waals surface area contributed by atoms with Crippen molar-refractivity contribution in [2.75, 3.05) is 0 Å². The maximum Gasteiger partial charge on any atom is 0.234 e. The number of aromatic nitrogens is 4. The van der Waals surface area contributed by atoms with Crippen LogP contribution < -0.4 is 4.74 Å². The van der Waals surface area contributed by atoms with Gasteiger partial charge in [-0.05, 0) is 18.2 Å². The number of benzene rings is 1. The average Bonchev–Trinajstić information content (AvgIpc) is 3.02. The Morgan fingerprint density at radius 1 is 1.00 bits per heavy atom. The molecule has 0 bridgehead atoms. The number of nitrogens with zero attached hydrogens (tertiary/aromatic N) is 4. The Labute approximate surface area is 145 Å². The Kier molecular flexibility index (Phi) is 4.00. The van der Waals surface area contributed by atoms with Crippen LogP contribution in [0.25, 0.3) is 16.9 Å². The first kappa shape index (κ1) is 16.1. The fraction of sp³-hybridized carbons (Fsp3) is 0.0556. The van der Waals surface area contributed by atoms with E-state index in [0.29, 0.717) is 22.8 Å². The van der Waals surface area contributed by atoms with Crippen LogP contribution in [-0.4, -0.2) is 19.4 Å². The van der Waals surface area contributed by atoms with E-state index in [1.165, 1.54) is 36.7 Å². The standard InChI is InChI=1S/C18H11F3N4O/c19-12-1-2-15(16(20)5-12)11-7-23-18-24-13(9-25(18)8-11)10-26-14-3-4-22-17(21)6-14/h1-9H,10H2. The Hall–Kier alpha value is -3.42. The first-order valence-electron chi connectivity index (χ1n) is 7.62. The summed E-state index contributed by atoms with van der Waals surface area (Å²) in [5, 5.41) is 0. The summed E-state index contributed by atoms with van der Waals surface area (Å²) in [4.78, 5) is 11.9. The van der Waals surface area contributed by atoms with Crippen LogP contribution in [-0.2, 0) is 6.61 Å². The molecule has 0 N–H and O–H groups in total. The highest BCUT2D eigenvalue weighted by Crippen LogP contribution is 2.23. The van der Waals surface area contributed by atoms with Gasteiger partial charge in [-0.15, -0.1) is 0 Å². The van der Waals surface area contributed by atoms with Gasteiger partial charge in [-0.1, -0.05) is 0 Å². The molecule has 130 valence electrons. The second-order valence-corrected chi connectivity index (χ2v) is 5.51. The number of hydrogen-bond acceptors (Lipinski definition) is 4. The third-order valence-corrected chi connectivity index (χ3v) is 3.69. The van der Waals surface area contributed by atoms with Crippen molar-refractivity contribution < 1.29 is 17.9 Å². The molecule has 8 heteroatoms. The van der Waals surface area contributed by atoms with Gasteiger partial charge in [0.05, 0.1) is 5.69 Å². The van der Waals surface area contributed by atoms with E-state index in [2.05, 4.69) is 15.0 Å². The second-order valence-electron chi connectivity index (χ2n) is 5.51. The summed E-state index contributed by atoms with van der Waals surface area (Å²) in [5.41, 5.74) is 1.28. The van der Waals surface area contributed by atoms with Crippen LogP contribution in [0.2, 0.25) is 0 Å². The fourth-order valence-electron chi connectivity index (χ4n) is 2.50. The predicted octanol–water partition coefficient (Wildman–Crippen LogP) is 3.79. The zero-order chi connectivity index (χ0) is 18.1. The summed E-state index contributed by atoms with van der Waals surface area (Å²) >= 11 is 0. The van der Waals surface area contributed by atoms with E-state index in [1.54, 1.807) is 16.8 Å². The molecule has 3 heterocycles. The van der Waals surface area contributed by atoms with E-state index in [4.69, 9.17) is 4.74 Å². The number of rotatable bonds is 4. The summed E-state index contributed by atoms with van der Waals surface area (Å²) in [7, 11) is 0. The molecule has 0 saturated carbocycles. The zero-order valence-corrected chi connectivity index (χ0v) is 13.2. The van der Waals surface area contributed by atoms with Gasteiger partial charge in [-0.2, -0.15) is 4.39 Å². The largest absolute Gasteiger partial charge is 0.487 e. The van der Waals surface area contributed by atoms with E-state index in [-0.39, 0.29) is 12.2 Å². The highest BCUT2D eigenvalue weighted by molar-refractivity contribution is 5.63. The molecule has 26 heavy (non-hydrogen) atoms. The van der Waals surface area contributed by atoms with Crippen LogP contribution in [0.5, 0.6) is 5.75 Å². The number of pyridine rings is 1. The molecule has 0 amide bonds. The van der Waals surface area contributed by atoms with Crippen molar-refractivity contribution >= 4 is 5.78 Å². The van der Waals surface area contributed by atoms with Crippen LogP contribution in [0.15, 0.2) is 55.1 Å². The zero-order valence-electron chi connectivity index (χ0n) is 13.2. The van der Waals surface area contributed by atoms with Gasteiger partial charge < -0.3 is 4.74 Å². The van der Waals surface area contributed by atoms with Crippen molar-refractivity contribution in [3.8, 4) is 16.9 Å². The molecule has 0 unspecified atom stereocenters. The third kappa shape index (κ3) is 3.21. The minimum absolute atomic E-state index is 0.104. The monoisotopic (exact) mass is 356 g/mol. The Morgan fingerprint density at radius 2 is 1.88 bits per heavy atom. The summed E-state index contributed by atoms with van der Waals surface area (Å²) in [6, 6.07) is 6.06. The lowest BCUT2D eigenvalue weighted by molar-refractivity contribution is 0.299. The van der Waals surface area contributed by atoms with Gasteiger partial charge >= 0.3 is 0 Å². The molecule has 4 rings (SSSR count). The van der Waals surface area contributed by atoms with Gasteiger partial charge in [0.2, 0.25) is 11.7 Å². The van der Waals surface area contributed by atoms with Gasteiger partial charge in [0.1, 0.15) is 24.0 Å². The summed E-state index contributed by atoms with van der Waals surface area (Å²) in [5.74, 6) is -1.22. The van der Waals surface area contributed by atoms with E-state index in [1.807, 2.05) is 0 Å². The summed E-state index contributed by atoms with van der Waals surface area (Å²) in [6.07, 6.45) is 6.08. The molecule has 0 fully saturated rings. The summed E-state index contributed by atoms with van der Waals surface area (Å²) in [6.45, 7) is 0.104. The molecule has 0 radical (unpaired) electrons. The van der Waals surface area contributed by atoms with Crippen molar-refractivity contribution in [3.05, 3.63) is 78.4 Å². The van der Waals surface area contributed by atoms with E-state index >= 15 is 0 Å². The van der Waals surface area contributed by atoms with Crippen molar-refractivity contribution in [2.24, 2.45) is 0 Å². The molecule has 3 aromatic heterocycles. The highest BCUT2D eigenvalue weighted by atomic mass is 19.1. The normalized spacial score (nSPS) is 11.0. The molecule has 4 aromatic rings. The highest BCUT2D eigenvalue weighted by Gasteiger charge is 2.10. The lowest BCUT2D eigenvalue weighted by atomic mass is 10.1. The molecule has 0 saturated heterocycles. The first-order valence-corrected chi connectivity index (χ1v) is 7.62. The molecule has 5 nitrogen and oxygen atoms in total. The number of halogens is 3. The summed E-state index contributed by atoms with van der Waals surface area (Å²) < 4.78 is 47.1. The van der Waals surface area contributed by atoms with E-state index in [0.717, 1.165) is 6.07 Å². The van der Waals surface area contributed by atoms with Gasteiger partial charge in [-0.25, -0.2) is 23.7 Å². The number of fused-ring (bicyclic) bond motifs is 1. The Balaban J connectivity index is 1.59. The predicted molar refractivity (Wildman–Crippen MR) is 86.9 cm³/mol. The Bertz CT molecular complexity index is 1100. The Morgan fingerprint density at radius 3 is 2.69 bits per heavy atom. The van der Waals surface area contributed by atoms with Gasteiger partial charge in [-0.3, -0.25) is 4.40 Å². The topological polar surface area (TPSA) is 52.3 Å². The van der Waals surface area contributed by atoms with Gasteiger partial charge in [0.25, 0.3) is 0 Å². The first-order chi connectivity index (χ1) is 12.6. The second kappa shape index (κ2) is 6.47. The lowest BCUT2D eigenvalue weighted by Gasteiger charge is -2.03. The van der Waals surface area contributed by atoms with Crippen LogP contribution >= 0.6 is 0 Å². The number of ether oxygens (including phenoxy) is 1. The minimum Gasteiger partial charge on any atom is -0.487 e. The molecule has 0 aliphatic rings. The maximum atomic E-state index is 13.9. The third-order valence-electron chi connectivity index (χ3n) is 3.69. The minimum atomic E-state index is -0.672. The van der Waals surface area contributed by atoms with Gasteiger partial charge in [0, 0.05) is 48.0 Å². The molecular formula is C18H11F3N4O. The van der Waals surface area contributed by atoms with Crippen molar-refractivity contribution in [2.45, 2.75) is 6.61 Å².